The van der Waals surface area contributed by atoms with Gasteiger partial charge in [-0.2, -0.15) is 13.2 Å². The highest BCUT2D eigenvalue weighted by molar-refractivity contribution is 5.28. The molecule has 3 nitrogen and oxygen atoms in total. The van der Waals surface area contributed by atoms with Crippen LogP contribution in [-0.4, -0.2) is 24.8 Å². The molecule has 18 heavy (non-hydrogen) atoms. The Bertz CT molecular complexity index is 369. The van der Waals surface area contributed by atoms with Crippen molar-refractivity contribution < 1.29 is 17.9 Å². The minimum atomic E-state index is -4.15. The molecule has 1 aromatic heterocycles. The number of hydrogen-bond acceptors (Lipinski definition) is 3. The van der Waals surface area contributed by atoms with Crippen LogP contribution in [0.15, 0.2) is 18.3 Å². The van der Waals surface area contributed by atoms with E-state index in [1.54, 1.807) is 18.3 Å². The van der Waals surface area contributed by atoms with Gasteiger partial charge in [0.15, 0.2) is 0 Å². The zero-order chi connectivity index (χ0) is 13.6. The van der Waals surface area contributed by atoms with E-state index in [2.05, 4.69) is 10.3 Å². The predicted molar refractivity (Wildman–Crippen MR) is 62.5 cm³/mol. The van der Waals surface area contributed by atoms with Crippen LogP contribution in [-0.2, 0) is 0 Å². The summed E-state index contributed by atoms with van der Waals surface area (Å²) in [6.45, 7) is 2.43. The molecule has 0 fully saturated rings. The summed E-state index contributed by atoms with van der Waals surface area (Å²) in [5.74, 6) is 0.366. The van der Waals surface area contributed by atoms with Crippen LogP contribution in [0.1, 0.15) is 31.4 Å². The van der Waals surface area contributed by atoms with Gasteiger partial charge in [0.1, 0.15) is 0 Å². The standard InChI is InChI=1S/C12H17F3N2O/c1-3-16-10(6-7-12(13,14)15)9-5-4-8-17-11(9)18-2/h4-5,8,10,16H,3,6-7H2,1-2H3. The van der Waals surface area contributed by atoms with E-state index < -0.39 is 18.6 Å². The Morgan fingerprint density at radius 2 is 2.17 bits per heavy atom. The molecule has 0 aliphatic rings. The van der Waals surface area contributed by atoms with Gasteiger partial charge in [-0.1, -0.05) is 13.0 Å². The molecule has 0 aromatic carbocycles. The van der Waals surface area contributed by atoms with Crippen molar-refractivity contribution in [3.8, 4) is 5.88 Å². The van der Waals surface area contributed by atoms with Gasteiger partial charge in [-0.25, -0.2) is 4.98 Å². The van der Waals surface area contributed by atoms with Crippen LogP contribution < -0.4 is 10.1 Å². The number of alkyl halides is 3. The SMILES string of the molecule is CCNC(CCC(F)(F)F)c1cccnc1OC. The first-order valence-electron chi connectivity index (χ1n) is 5.77. The maximum Gasteiger partial charge on any atom is 0.389 e. The Morgan fingerprint density at radius 3 is 2.72 bits per heavy atom. The molecular formula is C12H17F3N2O. The maximum atomic E-state index is 12.3. The Kier molecular flexibility index (Phi) is 5.40. The molecule has 0 saturated heterocycles. The van der Waals surface area contributed by atoms with Gasteiger partial charge >= 0.3 is 6.18 Å². The third-order valence-corrected chi connectivity index (χ3v) is 2.54. The summed E-state index contributed by atoms with van der Waals surface area (Å²) in [5.41, 5.74) is 0.658. The van der Waals surface area contributed by atoms with E-state index in [9.17, 15) is 13.2 Å². The lowest BCUT2D eigenvalue weighted by atomic mass is 10.0. The molecule has 1 rings (SSSR count). The molecule has 0 radical (unpaired) electrons. The van der Waals surface area contributed by atoms with Crippen molar-refractivity contribution in [2.45, 2.75) is 32.0 Å². The number of pyridine rings is 1. The lowest BCUT2D eigenvalue weighted by Gasteiger charge is -2.20. The number of aromatic nitrogens is 1. The Morgan fingerprint density at radius 1 is 1.44 bits per heavy atom. The topological polar surface area (TPSA) is 34.2 Å². The van der Waals surface area contributed by atoms with E-state index in [4.69, 9.17) is 4.74 Å². The van der Waals surface area contributed by atoms with Gasteiger partial charge in [-0.15, -0.1) is 0 Å². The van der Waals surface area contributed by atoms with Crippen molar-refractivity contribution in [1.29, 1.82) is 0 Å². The van der Waals surface area contributed by atoms with Crippen LogP contribution in [0, 0.1) is 0 Å². The third kappa shape index (κ3) is 4.52. The molecule has 1 aromatic rings. The Hall–Kier alpha value is -1.30. The van der Waals surface area contributed by atoms with E-state index in [1.165, 1.54) is 7.11 Å². The first-order valence-corrected chi connectivity index (χ1v) is 5.77. The quantitative estimate of drug-likeness (QED) is 0.855. The first-order chi connectivity index (χ1) is 8.48. The van der Waals surface area contributed by atoms with Crippen molar-refractivity contribution in [2.24, 2.45) is 0 Å². The van der Waals surface area contributed by atoms with E-state index in [0.29, 0.717) is 18.0 Å². The highest BCUT2D eigenvalue weighted by atomic mass is 19.4. The monoisotopic (exact) mass is 262 g/mol. The van der Waals surface area contributed by atoms with Crippen LogP contribution in [0.3, 0.4) is 0 Å². The van der Waals surface area contributed by atoms with Gasteiger partial charge in [0.2, 0.25) is 5.88 Å². The van der Waals surface area contributed by atoms with Gasteiger partial charge in [0.05, 0.1) is 7.11 Å². The number of halogens is 3. The fourth-order valence-electron chi connectivity index (χ4n) is 1.76. The normalized spacial score (nSPS) is 13.4. The molecule has 0 bridgehead atoms. The highest BCUT2D eigenvalue weighted by Crippen LogP contribution is 2.30. The van der Waals surface area contributed by atoms with Gasteiger partial charge in [0, 0.05) is 24.2 Å². The first kappa shape index (κ1) is 14.8. The summed E-state index contributed by atoms with van der Waals surface area (Å²) in [6, 6.07) is 3.02. The summed E-state index contributed by atoms with van der Waals surface area (Å²) in [4.78, 5) is 4.00. The minimum absolute atomic E-state index is 0.0284. The van der Waals surface area contributed by atoms with Crippen molar-refractivity contribution >= 4 is 0 Å². The third-order valence-electron chi connectivity index (χ3n) is 2.54. The largest absolute Gasteiger partial charge is 0.481 e. The molecule has 0 saturated carbocycles. The van der Waals surface area contributed by atoms with Gasteiger partial charge in [-0.3, -0.25) is 0 Å². The van der Waals surface area contributed by atoms with Crippen molar-refractivity contribution in [2.75, 3.05) is 13.7 Å². The minimum Gasteiger partial charge on any atom is -0.481 e. The second kappa shape index (κ2) is 6.58. The van der Waals surface area contributed by atoms with E-state index >= 15 is 0 Å². The lowest BCUT2D eigenvalue weighted by molar-refractivity contribution is -0.136. The molecule has 0 aliphatic heterocycles. The summed E-state index contributed by atoms with van der Waals surface area (Å²) >= 11 is 0. The van der Waals surface area contributed by atoms with Gasteiger partial charge < -0.3 is 10.1 Å². The zero-order valence-corrected chi connectivity index (χ0v) is 10.4. The van der Waals surface area contributed by atoms with Crippen molar-refractivity contribution in [1.82, 2.24) is 10.3 Å². The zero-order valence-electron chi connectivity index (χ0n) is 10.4. The molecule has 0 amide bonds. The molecule has 6 heteroatoms. The number of hydrogen-bond donors (Lipinski definition) is 1. The maximum absolute atomic E-state index is 12.3. The van der Waals surface area contributed by atoms with Crippen LogP contribution in [0.25, 0.3) is 0 Å². The van der Waals surface area contributed by atoms with Crippen LogP contribution in [0.2, 0.25) is 0 Å². The predicted octanol–water partition coefficient (Wildman–Crippen LogP) is 3.08. The lowest BCUT2D eigenvalue weighted by Crippen LogP contribution is -2.23. The fourth-order valence-corrected chi connectivity index (χ4v) is 1.76. The number of methoxy groups -OCH3 is 1. The number of rotatable bonds is 6. The molecule has 1 heterocycles. The van der Waals surface area contributed by atoms with E-state index in [-0.39, 0.29) is 6.42 Å². The molecule has 1 unspecified atom stereocenters. The second-order valence-electron chi connectivity index (χ2n) is 3.87. The van der Waals surface area contributed by atoms with Crippen molar-refractivity contribution in [3.05, 3.63) is 23.9 Å². The number of nitrogens with zero attached hydrogens (tertiary/aromatic N) is 1. The number of ether oxygens (including phenoxy) is 1. The van der Waals surface area contributed by atoms with Gasteiger partial charge in [-0.05, 0) is 19.0 Å². The summed E-state index contributed by atoms with van der Waals surface area (Å²) in [6.07, 6.45) is -3.46. The van der Waals surface area contributed by atoms with Crippen molar-refractivity contribution in [3.63, 3.8) is 0 Å². The van der Waals surface area contributed by atoms with Crippen LogP contribution in [0.5, 0.6) is 5.88 Å². The number of nitrogens with one attached hydrogen (secondary N) is 1. The molecule has 1 N–H and O–H groups in total. The van der Waals surface area contributed by atoms with Crippen LogP contribution >= 0.6 is 0 Å². The average molecular weight is 262 g/mol. The highest BCUT2D eigenvalue weighted by Gasteiger charge is 2.29. The summed E-state index contributed by atoms with van der Waals surface area (Å²) < 4.78 is 41.9. The Labute approximate surface area is 104 Å². The molecule has 102 valence electrons. The van der Waals surface area contributed by atoms with Gasteiger partial charge in [0.25, 0.3) is 0 Å². The molecule has 1 atom stereocenters. The second-order valence-corrected chi connectivity index (χ2v) is 3.87. The average Bonchev–Trinajstić information content (AvgIpc) is 2.33. The van der Waals surface area contributed by atoms with E-state index in [1.807, 2.05) is 6.92 Å². The smallest absolute Gasteiger partial charge is 0.389 e. The van der Waals surface area contributed by atoms with Crippen LogP contribution in [0.4, 0.5) is 13.2 Å². The van der Waals surface area contributed by atoms with E-state index in [0.717, 1.165) is 0 Å². The molecule has 0 spiro atoms. The Balaban J connectivity index is 2.83. The summed E-state index contributed by atoms with van der Waals surface area (Å²) in [7, 11) is 1.46. The fraction of sp³-hybridized carbons (Fsp3) is 0.583. The summed E-state index contributed by atoms with van der Waals surface area (Å²) in [5, 5.41) is 3.03. The molecular weight excluding hydrogens is 245 g/mol. The molecule has 0 aliphatic carbocycles.